The summed E-state index contributed by atoms with van der Waals surface area (Å²) in [6.45, 7) is 20.2. The highest BCUT2D eigenvalue weighted by atomic mass is 15.3. The molecule has 6 nitrogen and oxygen atoms in total. The summed E-state index contributed by atoms with van der Waals surface area (Å²) < 4.78 is 0. The van der Waals surface area contributed by atoms with Crippen molar-refractivity contribution in [2.24, 2.45) is 21.6 Å². The molecule has 1 unspecified atom stereocenters. The van der Waals surface area contributed by atoms with Crippen LogP contribution in [0.25, 0.3) is 0 Å². The van der Waals surface area contributed by atoms with Crippen LogP contribution in [0, 0.1) is 5.92 Å². The fourth-order valence-corrected chi connectivity index (χ4v) is 3.54. The first-order valence-electron chi connectivity index (χ1n) is 11.9. The van der Waals surface area contributed by atoms with E-state index in [4.69, 9.17) is 5.73 Å². The number of hydrogen-bond donors (Lipinski definition) is 3. The summed E-state index contributed by atoms with van der Waals surface area (Å²) in [7, 11) is 1.79. The molecule has 0 amide bonds. The molecule has 0 bridgehead atoms. The Morgan fingerprint density at radius 2 is 1.82 bits per heavy atom. The molecule has 1 aliphatic rings. The van der Waals surface area contributed by atoms with Crippen molar-refractivity contribution in [2.45, 2.75) is 59.3 Å². The second-order valence-electron chi connectivity index (χ2n) is 8.36. The summed E-state index contributed by atoms with van der Waals surface area (Å²) in [6.07, 6.45) is 16.5. The van der Waals surface area contributed by atoms with Gasteiger partial charge in [-0.05, 0) is 64.9 Å². The van der Waals surface area contributed by atoms with Crippen LogP contribution in [0.1, 0.15) is 59.3 Å². The van der Waals surface area contributed by atoms with Crippen LogP contribution in [0.15, 0.2) is 82.9 Å². The number of aliphatic imine (C=N–C) groups is 2. The lowest BCUT2D eigenvalue weighted by molar-refractivity contribution is 0.284. The molecule has 1 atom stereocenters. The van der Waals surface area contributed by atoms with E-state index in [-0.39, 0.29) is 5.92 Å². The zero-order chi connectivity index (χ0) is 24.6. The smallest absolute Gasteiger partial charge is 0.127 e. The number of nitrogens with zero attached hydrogens (tertiary/aromatic N) is 3. The predicted molar refractivity (Wildman–Crippen MR) is 145 cm³/mol. The van der Waals surface area contributed by atoms with Crippen molar-refractivity contribution in [3.63, 3.8) is 0 Å². The molecule has 0 radical (unpaired) electrons. The lowest BCUT2D eigenvalue weighted by Crippen LogP contribution is -2.28. The highest BCUT2D eigenvalue weighted by Crippen LogP contribution is 2.17. The van der Waals surface area contributed by atoms with E-state index in [0.29, 0.717) is 0 Å². The monoisotopic (exact) mass is 452 g/mol. The van der Waals surface area contributed by atoms with Gasteiger partial charge in [0.25, 0.3) is 0 Å². The van der Waals surface area contributed by atoms with Crippen molar-refractivity contribution >= 4 is 11.5 Å². The van der Waals surface area contributed by atoms with Gasteiger partial charge in [-0.25, -0.2) is 15.4 Å². The number of nitrogens with two attached hydrogens (primary N) is 1. The summed E-state index contributed by atoms with van der Waals surface area (Å²) in [4.78, 5) is 11.5. The molecule has 4 N–H and O–H groups in total. The van der Waals surface area contributed by atoms with E-state index in [2.05, 4.69) is 63.7 Å². The lowest BCUT2D eigenvalue weighted by Gasteiger charge is -2.28. The third-order valence-corrected chi connectivity index (χ3v) is 5.50. The number of allylic oxidation sites excluding steroid dienone is 5. The van der Waals surface area contributed by atoms with Crippen LogP contribution in [0.2, 0.25) is 0 Å². The summed E-state index contributed by atoms with van der Waals surface area (Å²) in [5, 5.41) is 0. The van der Waals surface area contributed by atoms with E-state index in [1.807, 2.05) is 32.9 Å². The number of rotatable bonds is 13. The third kappa shape index (κ3) is 11.5. The minimum Gasteiger partial charge on any atom is -0.402 e. The molecule has 0 aromatic rings. The number of hydrazine groups is 1. The molecule has 1 aliphatic heterocycles. The maximum Gasteiger partial charge on any atom is 0.127 e. The van der Waals surface area contributed by atoms with Crippen LogP contribution in [0.5, 0.6) is 0 Å². The molecular weight excluding hydrogens is 408 g/mol. The SMILES string of the molecule is C=C(/C=C/C(C/C=C/C)/C(N)=C\CCC(C)=NC(C)=NC(=C)N1CCCCC1)C(=C)NNC. The number of hydrogen-bond acceptors (Lipinski definition) is 5. The van der Waals surface area contributed by atoms with Gasteiger partial charge in [0.15, 0.2) is 0 Å². The Kier molecular flexibility index (Phi) is 13.5. The molecule has 6 heteroatoms. The van der Waals surface area contributed by atoms with Gasteiger partial charge in [0, 0.05) is 43.2 Å². The highest BCUT2D eigenvalue weighted by molar-refractivity contribution is 5.96. The number of nitrogens with one attached hydrogen (secondary N) is 2. The second-order valence-corrected chi connectivity index (χ2v) is 8.36. The van der Waals surface area contributed by atoms with Gasteiger partial charge in [0.05, 0.1) is 0 Å². The zero-order valence-corrected chi connectivity index (χ0v) is 21.2. The van der Waals surface area contributed by atoms with Crippen molar-refractivity contribution in [2.75, 3.05) is 20.1 Å². The maximum absolute atomic E-state index is 6.43. The van der Waals surface area contributed by atoms with Gasteiger partial charge in [0.2, 0.25) is 0 Å². The molecule has 182 valence electrons. The Labute approximate surface area is 201 Å². The standard InChI is InChI=1S/C27H44N6/c1-8-9-15-26(18-17-21(2)23(4)32-29-7)27(28)16-13-14-22(3)30-24(5)31-25(6)33-19-11-10-12-20-33/h8-9,16-18,26,29,32H,2,4,6,10-15,19-20,28H2,1,3,5,7H3/b9-8+,18-17+,27-16+,30-22?,31-24?. The van der Waals surface area contributed by atoms with E-state index in [0.717, 1.165) is 66.7 Å². The van der Waals surface area contributed by atoms with Crippen LogP contribution in [-0.2, 0) is 0 Å². The lowest BCUT2D eigenvalue weighted by atomic mass is 9.98. The van der Waals surface area contributed by atoms with E-state index >= 15 is 0 Å². The summed E-state index contributed by atoms with van der Waals surface area (Å²) >= 11 is 0. The minimum absolute atomic E-state index is 0.105. The van der Waals surface area contributed by atoms with Gasteiger partial charge < -0.3 is 16.1 Å². The van der Waals surface area contributed by atoms with Crippen molar-refractivity contribution in [3.05, 3.63) is 72.9 Å². The maximum atomic E-state index is 6.43. The topological polar surface area (TPSA) is 78.0 Å². The molecule has 0 saturated carbocycles. The first-order chi connectivity index (χ1) is 15.8. The summed E-state index contributed by atoms with van der Waals surface area (Å²) in [6, 6.07) is 0. The van der Waals surface area contributed by atoms with Crippen LogP contribution < -0.4 is 16.6 Å². The normalized spacial score (nSPS) is 17.0. The van der Waals surface area contributed by atoms with Crippen molar-refractivity contribution in [1.29, 1.82) is 0 Å². The molecule has 1 heterocycles. The fourth-order valence-electron chi connectivity index (χ4n) is 3.54. The number of piperidine rings is 1. The Morgan fingerprint density at radius 3 is 2.45 bits per heavy atom. The molecule has 33 heavy (non-hydrogen) atoms. The van der Waals surface area contributed by atoms with Crippen molar-refractivity contribution in [1.82, 2.24) is 15.8 Å². The Balaban J connectivity index is 2.69. The Morgan fingerprint density at radius 1 is 1.12 bits per heavy atom. The molecule has 0 aliphatic carbocycles. The molecule has 1 rings (SSSR count). The van der Waals surface area contributed by atoms with E-state index < -0.39 is 0 Å². The largest absolute Gasteiger partial charge is 0.402 e. The quantitative estimate of drug-likeness (QED) is 0.115. The molecular formula is C27H44N6. The fraction of sp³-hybridized carbons (Fsp3) is 0.481. The zero-order valence-electron chi connectivity index (χ0n) is 21.2. The van der Waals surface area contributed by atoms with Crippen LogP contribution in [0.4, 0.5) is 0 Å². The van der Waals surface area contributed by atoms with Crippen molar-refractivity contribution < 1.29 is 0 Å². The van der Waals surface area contributed by atoms with Crippen LogP contribution >= 0.6 is 0 Å². The van der Waals surface area contributed by atoms with Crippen molar-refractivity contribution in [3.8, 4) is 0 Å². The van der Waals surface area contributed by atoms with Crippen LogP contribution in [0.3, 0.4) is 0 Å². The van der Waals surface area contributed by atoms with E-state index in [9.17, 15) is 0 Å². The summed E-state index contributed by atoms with van der Waals surface area (Å²) in [5.74, 6) is 1.68. The van der Waals surface area contributed by atoms with Gasteiger partial charge in [-0.15, -0.1) is 0 Å². The predicted octanol–water partition coefficient (Wildman–Crippen LogP) is 5.38. The first-order valence-corrected chi connectivity index (χ1v) is 11.9. The average molecular weight is 453 g/mol. The second kappa shape index (κ2) is 15.9. The van der Waals surface area contributed by atoms with E-state index in [1.54, 1.807) is 7.05 Å². The summed E-state index contributed by atoms with van der Waals surface area (Å²) in [5.41, 5.74) is 15.7. The molecule has 0 aromatic carbocycles. The first kappa shape index (κ1) is 28.2. The molecule has 0 spiro atoms. The van der Waals surface area contributed by atoms with Gasteiger partial charge in [-0.3, -0.25) is 0 Å². The number of likely N-dealkylation sites (tertiary alicyclic amines) is 1. The molecule has 1 fully saturated rings. The van der Waals surface area contributed by atoms with Gasteiger partial charge in [-0.1, -0.05) is 50.1 Å². The molecule has 1 saturated heterocycles. The van der Waals surface area contributed by atoms with E-state index in [1.165, 1.54) is 19.3 Å². The average Bonchev–Trinajstić information content (AvgIpc) is 2.79. The van der Waals surface area contributed by atoms with Crippen LogP contribution in [-0.4, -0.2) is 36.6 Å². The van der Waals surface area contributed by atoms with Gasteiger partial charge >= 0.3 is 0 Å². The molecule has 0 aromatic heterocycles. The Hall–Kier alpha value is -2.86. The Bertz CT molecular complexity index is 806. The minimum atomic E-state index is 0.105. The van der Waals surface area contributed by atoms with Gasteiger partial charge in [0.1, 0.15) is 11.7 Å². The van der Waals surface area contributed by atoms with Gasteiger partial charge in [-0.2, -0.15) is 0 Å². The highest BCUT2D eigenvalue weighted by Gasteiger charge is 2.11. The number of amidine groups is 1. The third-order valence-electron chi connectivity index (χ3n) is 5.50.